The predicted molar refractivity (Wildman–Crippen MR) is 37.5 cm³/mol. The Morgan fingerprint density at radius 3 is 2.55 bits per heavy atom. The molecule has 0 aromatic heterocycles. The number of halogens is 1. The van der Waals surface area contributed by atoms with Gasteiger partial charge in [0.2, 0.25) is 0 Å². The molecule has 0 heterocycles. The summed E-state index contributed by atoms with van der Waals surface area (Å²) in [6.07, 6.45) is 0. The average Bonchev–Trinajstić information content (AvgIpc) is 2.06. The fourth-order valence-electron chi connectivity index (χ4n) is 0.605. The molecule has 0 saturated heterocycles. The van der Waals surface area contributed by atoms with Crippen LogP contribution < -0.4 is 21.2 Å². The summed E-state index contributed by atoms with van der Waals surface area (Å²) in [5, 5.41) is 0. The van der Waals surface area contributed by atoms with E-state index >= 15 is 0 Å². The summed E-state index contributed by atoms with van der Waals surface area (Å²) >= 11 is -0.597. The first-order chi connectivity index (χ1) is 5.33. The second kappa shape index (κ2) is 4.33. The van der Waals surface area contributed by atoms with Gasteiger partial charge in [-0.25, -0.2) is 0 Å². The number of rotatable bonds is 2. The Morgan fingerprint density at radius 1 is 1.36 bits per heavy atom. The molecule has 60 valence electrons. The van der Waals surface area contributed by atoms with E-state index in [4.69, 9.17) is 0 Å². The molecule has 0 bridgehead atoms. The summed E-state index contributed by atoms with van der Waals surface area (Å²) in [5.74, 6) is 0. The van der Waals surface area contributed by atoms with Crippen LogP contribution in [0.5, 0.6) is 0 Å². The minimum atomic E-state index is -0.597. The maximum atomic E-state index is 10.8. The van der Waals surface area contributed by atoms with E-state index in [1.54, 1.807) is 0 Å². The topological polar surface area (TPSA) is 26.3 Å². The summed E-state index contributed by atoms with van der Waals surface area (Å²) in [6, 6.07) is 9.69. The van der Waals surface area contributed by atoms with Gasteiger partial charge in [-0.3, -0.25) is 0 Å². The van der Waals surface area contributed by atoms with Gasteiger partial charge in [0.05, 0.1) is 0 Å². The number of hydrogen-bond donors (Lipinski definition) is 0. The van der Waals surface area contributed by atoms with Crippen LogP contribution in [0.25, 0.3) is 0 Å². The Kier molecular flexibility index (Phi) is 3.35. The first kappa shape index (κ1) is 8.52. The summed E-state index contributed by atoms with van der Waals surface area (Å²) in [5.41, 5.74) is 0. The van der Waals surface area contributed by atoms with Crippen molar-refractivity contribution < 1.29 is 30.7 Å². The van der Waals surface area contributed by atoms with Crippen molar-refractivity contribution in [2.45, 2.75) is 0 Å². The summed E-state index contributed by atoms with van der Waals surface area (Å²) in [6.45, 7) is 0. The molecule has 0 aliphatic heterocycles. The molecule has 0 atom stereocenters. The number of ether oxygens (including phenoxy) is 1. The zero-order valence-electron chi connectivity index (χ0n) is 6.08. The van der Waals surface area contributed by atoms with Crippen LogP contribution >= 0.6 is 0 Å². The van der Waals surface area contributed by atoms with Crippen molar-refractivity contribution in [2.75, 3.05) is 7.11 Å². The second-order valence-corrected chi connectivity index (χ2v) is 4.50. The minimum absolute atomic E-state index is 0.0880. The van der Waals surface area contributed by atoms with Gasteiger partial charge in [-0.1, -0.05) is 0 Å². The average molecular weight is 263 g/mol. The van der Waals surface area contributed by atoms with Crippen LogP contribution in [-0.4, -0.2) is 11.1 Å². The van der Waals surface area contributed by atoms with E-state index in [0.29, 0.717) is 0 Å². The van der Waals surface area contributed by atoms with Crippen molar-refractivity contribution in [2.24, 2.45) is 0 Å². The number of carbonyl (C=O) groups is 1. The van der Waals surface area contributed by atoms with Crippen LogP contribution in [-0.2, 0) is 4.74 Å². The number of benzene rings is 1. The molecule has 0 aliphatic carbocycles. The third-order valence-electron chi connectivity index (χ3n) is 1.08. The molecule has 0 spiro atoms. The van der Waals surface area contributed by atoms with E-state index in [1.807, 2.05) is 30.3 Å². The molecular weight excluding hydrogens is 255 g/mol. The molecule has 1 aromatic rings. The summed E-state index contributed by atoms with van der Waals surface area (Å²) in [7, 11) is 1.42. The monoisotopic (exact) mass is 263 g/mol. The van der Waals surface area contributed by atoms with Gasteiger partial charge in [0.1, 0.15) is 0 Å². The van der Waals surface area contributed by atoms with Gasteiger partial charge in [0.25, 0.3) is 0 Å². The van der Waals surface area contributed by atoms with Gasteiger partial charge >= 0.3 is 75.7 Å². The number of hydrogen-bond acceptors (Lipinski definition) is 2. The molecule has 0 amide bonds. The molecule has 2 nitrogen and oxygen atoms in total. The molecule has 3 heteroatoms. The van der Waals surface area contributed by atoms with Gasteiger partial charge in [-0.05, 0) is 0 Å². The predicted octanol–water partition coefficient (Wildman–Crippen LogP) is -1.29. The van der Waals surface area contributed by atoms with E-state index in [2.05, 4.69) is 4.74 Å². The van der Waals surface area contributed by atoms with Crippen LogP contribution in [0.4, 0.5) is 4.79 Å². The second-order valence-electron chi connectivity index (χ2n) is 1.83. The maximum absolute atomic E-state index is 10.8. The Balaban J connectivity index is 2.58. The van der Waals surface area contributed by atoms with Crippen LogP contribution in [0.3, 0.4) is 0 Å². The van der Waals surface area contributed by atoms with Crippen LogP contribution in [0, 0.1) is 3.57 Å². The van der Waals surface area contributed by atoms with Gasteiger partial charge in [0, 0.05) is 0 Å². The van der Waals surface area contributed by atoms with Crippen molar-refractivity contribution in [1.82, 2.24) is 0 Å². The van der Waals surface area contributed by atoms with Gasteiger partial charge in [-0.15, -0.1) is 0 Å². The molecular formula is C8H8IO2-. The van der Waals surface area contributed by atoms with Gasteiger partial charge in [-0.2, -0.15) is 0 Å². The third kappa shape index (κ3) is 2.88. The number of carbonyl (C=O) groups excluding carboxylic acids is 1. The Morgan fingerprint density at radius 2 is 2.00 bits per heavy atom. The molecule has 0 N–H and O–H groups in total. The van der Waals surface area contributed by atoms with Crippen LogP contribution in [0.2, 0.25) is 0 Å². The van der Waals surface area contributed by atoms with Crippen molar-refractivity contribution in [3.05, 3.63) is 33.9 Å². The van der Waals surface area contributed by atoms with Crippen molar-refractivity contribution in [3.8, 4) is 0 Å². The van der Waals surface area contributed by atoms with E-state index in [9.17, 15) is 4.79 Å². The fourth-order valence-corrected chi connectivity index (χ4v) is 2.11. The van der Waals surface area contributed by atoms with Crippen molar-refractivity contribution in [1.29, 1.82) is 0 Å². The fraction of sp³-hybridized carbons (Fsp3) is 0.125. The molecule has 1 rings (SSSR count). The van der Waals surface area contributed by atoms with Crippen LogP contribution in [0.15, 0.2) is 30.3 Å². The number of methoxy groups -OCH3 is 1. The van der Waals surface area contributed by atoms with E-state index in [0.717, 1.165) is 3.57 Å². The first-order valence-corrected chi connectivity index (χ1v) is 5.26. The summed E-state index contributed by atoms with van der Waals surface area (Å²) in [4.78, 5) is 10.8. The zero-order valence-corrected chi connectivity index (χ0v) is 8.24. The quantitative estimate of drug-likeness (QED) is 0.490. The van der Waals surface area contributed by atoms with E-state index < -0.39 is 21.2 Å². The first-order valence-electron chi connectivity index (χ1n) is 3.11. The van der Waals surface area contributed by atoms with E-state index in [1.165, 1.54) is 7.11 Å². The molecule has 11 heavy (non-hydrogen) atoms. The van der Waals surface area contributed by atoms with Crippen molar-refractivity contribution in [3.63, 3.8) is 0 Å². The Labute approximate surface area is 75.8 Å². The van der Waals surface area contributed by atoms with E-state index in [-0.39, 0.29) is 3.98 Å². The van der Waals surface area contributed by atoms with Crippen LogP contribution in [0.1, 0.15) is 0 Å². The molecule has 0 unspecified atom stereocenters. The molecule has 0 fully saturated rings. The molecule has 0 aliphatic rings. The Hall–Kier alpha value is -0.580. The van der Waals surface area contributed by atoms with Gasteiger partial charge in [0.15, 0.2) is 0 Å². The standard InChI is InChI=1S/C8H8IO2/c1-11-8(10)9-7-5-3-2-4-6-7/h2-6H,1H3/q-1. The summed E-state index contributed by atoms with van der Waals surface area (Å²) < 4.78 is 5.57. The van der Waals surface area contributed by atoms with Crippen molar-refractivity contribution >= 4 is 3.98 Å². The zero-order chi connectivity index (χ0) is 8.10. The normalized spacial score (nSPS) is 9.55. The third-order valence-corrected chi connectivity index (χ3v) is 3.30. The molecule has 0 saturated carbocycles. The van der Waals surface area contributed by atoms with Gasteiger partial charge < -0.3 is 0 Å². The Bertz CT molecular complexity index is 233. The molecule has 0 radical (unpaired) electrons. The SMILES string of the molecule is COC(=O)[I-]c1ccccc1. The molecule has 1 aromatic carbocycles.